The molecule has 0 saturated heterocycles. The molecule has 0 bridgehead atoms. The summed E-state index contributed by atoms with van der Waals surface area (Å²) in [6.07, 6.45) is 8.50. The third-order valence-corrected chi connectivity index (χ3v) is 3.60. The Morgan fingerprint density at radius 1 is 1.53 bits per heavy atom. The Balaban J connectivity index is 2.21. The van der Waals surface area contributed by atoms with Gasteiger partial charge in [-0.15, -0.1) is 11.6 Å². The molecule has 1 aliphatic carbocycles. The van der Waals surface area contributed by atoms with Crippen LogP contribution in [0.5, 0.6) is 0 Å². The van der Waals surface area contributed by atoms with Crippen molar-refractivity contribution in [1.82, 2.24) is 0 Å². The van der Waals surface area contributed by atoms with Crippen LogP contribution in [0.3, 0.4) is 0 Å². The van der Waals surface area contributed by atoms with Crippen molar-refractivity contribution in [3.05, 3.63) is 35.6 Å². The third-order valence-electron chi connectivity index (χ3n) is 3.16. The van der Waals surface area contributed by atoms with Crippen LogP contribution < -0.4 is 0 Å². The van der Waals surface area contributed by atoms with Gasteiger partial charge >= 0.3 is 11.9 Å². The number of methoxy groups -OCH3 is 1. The van der Waals surface area contributed by atoms with Crippen LogP contribution in [0.25, 0.3) is 0 Å². The summed E-state index contributed by atoms with van der Waals surface area (Å²) in [5.74, 6) is -0.311. The van der Waals surface area contributed by atoms with Gasteiger partial charge in [-0.25, -0.2) is 4.79 Å². The van der Waals surface area contributed by atoms with Crippen molar-refractivity contribution in [2.75, 3.05) is 7.11 Å². The van der Waals surface area contributed by atoms with Gasteiger partial charge < -0.3 is 9.47 Å². The Kier molecular flexibility index (Phi) is 4.43. The SMILES string of the molecule is COC(=O)C1=CC=CC(Cl)C(C2=CCCC(=O)O2)C1. The van der Waals surface area contributed by atoms with Crippen LogP contribution in [0.2, 0.25) is 0 Å². The van der Waals surface area contributed by atoms with Gasteiger partial charge in [0.25, 0.3) is 0 Å². The molecule has 0 amide bonds. The zero-order valence-corrected chi connectivity index (χ0v) is 11.4. The number of halogens is 1. The van der Waals surface area contributed by atoms with Gasteiger partial charge in [0.2, 0.25) is 0 Å². The van der Waals surface area contributed by atoms with E-state index in [0.29, 0.717) is 30.6 Å². The van der Waals surface area contributed by atoms with Gasteiger partial charge in [-0.1, -0.05) is 18.2 Å². The number of ether oxygens (including phenoxy) is 2. The van der Waals surface area contributed by atoms with E-state index >= 15 is 0 Å². The first-order valence-corrected chi connectivity index (χ1v) is 6.56. The van der Waals surface area contributed by atoms with Crippen molar-refractivity contribution in [2.45, 2.75) is 24.6 Å². The second-order valence-electron chi connectivity index (χ2n) is 4.44. The second-order valence-corrected chi connectivity index (χ2v) is 4.95. The van der Waals surface area contributed by atoms with Gasteiger partial charge in [-0.2, -0.15) is 0 Å². The van der Waals surface area contributed by atoms with Crippen LogP contribution in [0.15, 0.2) is 35.6 Å². The maximum atomic E-state index is 11.6. The van der Waals surface area contributed by atoms with Gasteiger partial charge in [0, 0.05) is 17.9 Å². The number of alkyl halides is 1. The van der Waals surface area contributed by atoms with Gasteiger partial charge in [0.1, 0.15) is 5.76 Å². The summed E-state index contributed by atoms with van der Waals surface area (Å²) >= 11 is 6.28. The maximum Gasteiger partial charge on any atom is 0.333 e. The van der Waals surface area contributed by atoms with Crippen LogP contribution >= 0.6 is 11.6 Å². The zero-order valence-electron chi connectivity index (χ0n) is 10.6. The van der Waals surface area contributed by atoms with E-state index in [1.54, 1.807) is 18.2 Å². The van der Waals surface area contributed by atoms with Gasteiger partial charge in [-0.05, 0) is 18.9 Å². The number of cyclic esters (lactones) is 1. The van der Waals surface area contributed by atoms with E-state index < -0.39 is 0 Å². The molecule has 19 heavy (non-hydrogen) atoms. The Hall–Kier alpha value is -1.55. The predicted octanol–water partition coefficient (Wildman–Crippen LogP) is 2.49. The quantitative estimate of drug-likeness (QED) is 0.577. The molecule has 1 aliphatic heterocycles. The Bertz CT molecular complexity index is 476. The van der Waals surface area contributed by atoms with Crippen LogP contribution in [-0.4, -0.2) is 24.4 Å². The fraction of sp³-hybridized carbons (Fsp3) is 0.429. The lowest BCUT2D eigenvalue weighted by Crippen LogP contribution is -2.23. The molecule has 0 N–H and O–H groups in total. The second kappa shape index (κ2) is 6.06. The molecule has 2 aliphatic rings. The highest BCUT2D eigenvalue weighted by Crippen LogP contribution is 2.33. The Morgan fingerprint density at radius 3 is 3.00 bits per heavy atom. The number of esters is 2. The van der Waals surface area contributed by atoms with E-state index in [0.717, 1.165) is 0 Å². The molecular weight excluding hydrogens is 268 g/mol. The summed E-state index contributed by atoms with van der Waals surface area (Å²) in [7, 11) is 1.34. The molecule has 0 aromatic carbocycles. The zero-order chi connectivity index (χ0) is 13.8. The van der Waals surface area contributed by atoms with Gasteiger partial charge in [0.15, 0.2) is 0 Å². The Morgan fingerprint density at radius 2 is 2.32 bits per heavy atom. The van der Waals surface area contributed by atoms with Gasteiger partial charge in [0.05, 0.1) is 12.5 Å². The monoisotopic (exact) mass is 282 g/mol. The summed E-state index contributed by atoms with van der Waals surface area (Å²) < 4.78 is 9.96. The van der Waals surface area contributed by atoms with Crippen LogP contribution in [0, 0.1) is 5.92 Å². The lowest BCUT2D eigenvalue weighted by atomic mass is 9.93. The topological polar surface area (TPSA) is 52.6 Å². The minimum Gasteiger partial charge on any atom is -0.466 e. The van der Waals surface area contributed by atoms with Gasteiger partial charge in [-0.3, -0.25) is 4.79 Å². The van der Waals surface area contributed by atoms with E-state index in [1.165, 1.54) is 7.11 Å². The average molecular weight is 283 g/mol. The molecule has 0 saturated carbocycles. The summed E-state index contributed by atoms with van der Waals surface area (Å²) in [6, 6.07) is 0. The van der Waals surface area contributed by atoms with Crippen LogP contribution in [0.1, 0.15) is 19.3 Å². The van der Waals surface area contributed by atoms with E-state index in [9.17, 15) is 9.59 Å². The number of allylic oxidation sites excluding steroid dienone is 5. The summed E-state index contributed by atoms with van der Waals surface area (Å²) in [5.41, 5.74) is 0.523. The molecule has 2 unspecified atom stereocenters. The van der Waals surface area contributed by atoms with E-state index in [1.807, 2.05) is 6.08 Å². The number of carbonyl (C=O) groups is 2. The molecular formula is C14H15ClO4. The normalized spacial score (nSPS) is 26.9. The first kappa shape index (κ1) is 13.9. The summed E-state index contributed by atoms with van der Waals surface area (Å²) in [5, 5.41) is -0.324. The van der Waals surface area contributed by atoms with Crippen molar-refractivity contribution in [2.24, 2.45) is 5.92 Å². The van der Waals surface area contributed by atoms with Crippen molar-refractivity contribution >= 4 is 23.5 Å². The molecule has 0 spiro atoms. The molecule has 1 heterocycles. The van der Waals surface area contributed by atoms with Crippen LogP contribution in [-0.2, 0) is 19.1 Å². The summed E-state index contributed by atoms with van der Waals surface area (Å²) in [6.45, 7) is 0. The fourth-order valence-electron chi connectivity index (χ4n) is 2.15. The standard InChI is InChI=1S/C14H15ClO4/c1-18-14(17)9-4-2-5-11(15)10(8-9)12-6-3-7-13(16)19-12/h2,4-6,10-11H,3,7-8H2,1H3. The highest BCUT2D eigenvalue weighted by atomic mass is 35.5. The molecule has 2 rings (SSSR count). The van der Waals surface area contributed by atoms with Crippen molar-refractivity contribution in [3.8, 4) is 0 Å². The number of hydrogen-bond acceptors (Lipinski definition) is 4. The van der Waals surface area contributed by atoms with Crippen molar-refractivity contribution < 1.29 is 19.1 Å². The van der Waals surface area contributed by atoms with E-state index in [2.05, 4.69) is 0 Å². The van der Waals surface area contributed by atoms with Crippen molar-refractivity contribution in [1.29, 1.82) is 0 Å². The smallest absolute Gasteiger partial charge is 0.333 e. The number of hydrogen-bond donors (Lipinski definition) is 0. The average Bonchev–Trinajstić information content (AvgIpc) is 2.60. The summed E-state index contributed by atoms with van der Waals surface area (Å²) in [4.78, 5) is 23.0. The fourth-order valence-corrected chi connectivity index (χ4v) is 2.45. The lowest BCUT2D eigenvalue weighted by molar-refractivity contribution is -0.141. The molecule has 0 fully saturated rings. The molecule has 0 aromatic rings. The first-order valence-electron chi connectivity index (χ1n) is 6.12. The maximum absolute atomic E-state index is 11.6. The molecule has 2 atom stereocenters. The number of rotatable bonds is 2. The minimum atomic E-state index is -0.386. The lowest BCUT2D eigenvalue weighted by Gasteiger charge is -2.24. The Labute approximate surface area is 116 Å². The third kappa shape index (κ3) is 3.26. The van der Waals surface area contributed by atoms with Crippen LogP contribution in [0.4, 0.5) is 0 Å². The largest absolute Gasteiger partial charge is 0.466 e. The molecule has 4 nitrogen and oxygen atoms in total. The highest BCUT2D eigenvalue weighted by molar-refractivity contribution is 6.22. The molecule has 0 aromatic heterocycles. The van der Waals surface area contributed by atoms with Crippen molar-refractivity contribution in [3.63, 3.8) is 0 Å². The predicted molar refractivity (Wildman–Crippen MR) is 70.4 cm³/mol. The highest BCUT2D eigenvalue weighted by Gasteiger charge is 2.30. The molecule has 0 radical (unpaired) electrons. The van der Waals surface area contributed by atoms with E-state index in [4.69, 9.17) is 21.1 Å². The molecule has 5 heteroatoms. The van der Waals surface area contributed by atoms with E-state index in [-0.39, 0.29) is 23.2 Å². The number of carbonyl (C=O) groups excluding carboxylic acids is 2. The minimum absolute atomic E-state index is 0.227. The molecule has 102 valence electrons. The first-order chi connectivity index (χ1) is 9.11.